The number of pyridine rings is 2. The van der Waals surface area contributed by atoms with Crippen LogP contribution in [0, 0.1) is 18.7 Å². The molecule has 42 heavy (non-hydrogen) atoms. The van der Waals surface area contributed by atoms with Crippen LogP contribution < -0.4 is 5.32 Å². The van der Waals surface area contributed by atoms with Crippen LogP contribution >= 0.6 is 23.2 Å². The Bertz CT molecular complexity index is 1860. The average Bonchev–Trinajstić information content (AvgIpc) is 3.54. The van der Waals surface area contributed by atoms with Crippen molar-refractivity contribution >= 4 is 46.4 Å². The van der Waals surface area contributed by atoms with Crippen LogP contribution in [-0.2, 0) is 17.6 Å². The molecule has 8 nitrogen and oxygen atoms in total. The molecule has 1 aromatic carbocycles. The van der Waals surface area contributed by atoms with Crippen molar-refractivity contribution in [1.29, 1.82) is 0 Å². The number of anilines is 1. The highest BCUT2D eigenvalue weighted by molar-refractivity contribution is 6.31. The summed E-state index contributed by atoms with van der Waals surface area (Å²) in [5.74, 6) is -2.35. The van der Waals surface area contributed by atoms with Crippen molar-refractivity contribution in [3.05, 3.63) is 92.4 Å². The summed E-state index contributed by atoms with van der Waals surface area (Å²) in [6, 6.07) is 8.61. The highest BCUT2D eigenvalue weighted by Crippen LogP contribution is 2.61. The predicted octanol–water partition coefficient (Wildman–Crippen LogP) is 5.63. The third-order valence-electron chi connectivity index (χ3n) is 9.78. The van der Waals surface area contributed by atoms with Crippen molar-refractivity contribution < 1.29 is 19.1 Å². The molecule has 1 saturated heterocycles. The molecule has 0 bridgehead atoms. The van der Waals surface area contributed by atoms with E-state index in [-0.39, 0.29) is 28.6 Å². The minimum Gasteiger partial charge on any atom is -0.478 e. The molecule has 4 atom stereocenters. The zero-order valence-electron chi connectivity index (χ0n) is 22.6. The van der Waals surface area contributed by atoms with Gasteiger partial charge in [0.2, 0.25) is 5.91 Å². The van der Waals surface area contributed by atoms with Gasteiger partial charge in [0.05, 0.1) is 11.3 Å². The van der Waals surface area contributed by atoms with Crippen molar-refractivity contribution in [1.82, 2.24) is 19.3 Å². The summed E-state index contributed by atoms with van der Waals surface area (Å²) in [5.41, 5.74) is 3.90. The number of imidazole rings is 1. The Morgan fingerprint density at radius 3 is 2.81 bits per heavy atom. The molecule has 1 saturated carbocycles. The molecule has 2 fully saturated rings. The van der Waals surface area contributed by atoms with Crippen molar-refractivity contribution in [3.8, 4) is 0 Å². The molecule has 4 aliphatic rings. The zero-order chi connectivity index (χ0) is 29.1. The van der Waals surface area contributed by atoms with Crippen LogP contribution in [0.3, 0.4) is 0 Å². The van der Waals surface area contributed by atoms with E-state index in [0.29, 0.717) is 52.8 Å². The Morgan fingerprint density at radius 2 is 2.05 bits per heavy atom. The number of carboxylic acids is 1. The summed E-state index contributed by atoms with van der Waals surface area (Å²) in [6.07, 6.45) is 6.45. The van der Waals surface area contributed by atoms with E-state index < -0.39 is 23.2 Å². The average molecular weight is 606 g/mol. The lowest BCUT2D eigenvalue weighted by atomic mass is 9.69. The van der Waals surface area contributed by atoms with Crippen LogP contribution in [0.5, 0.6) is 0 Å². The summed E-state index contributed by atoms with van der Waals surface area (Å²) >= 11 is 12.5. The van der Waals surface area contributed by atoms with E-state index in [4.69, 9.17) is 28.2 Å². The molecule has 2 aliphatic heterocycles. The Balaban J connectivity index is 1.38. The molecular formula is C31H26Cl2FN5O3. The Morgan fingerprint density at radius 1 is 1.24 bits per heavy atom. The predicted molar refractivity (Wildman–Crippen MR) is 155 cm³/mol. The Hall–Kier alpha value is -3.53. The molecule has 2 N–H and O–H groups in total. The fourth-order valence-corrected chi connectivity index (χ4v) is 8.16. The van der Waals surface area contributed by atoms with Gasteiger partial charge in [0, 0.05) is 66.1 Å². The number of likely N-dealkylation sites (tertiary alicyclic amines) is 1. The van der Waals surface area contributed by atoms with Gasteiger partial charge in [-0.3, -0.25) is 9.69 Å². The lowest BCUT2D eigenvalue weighted by Gasteiger charge is -2.46. The molecule has 0 radical (unpaired) electrons. The van der Waals surface area contributed by atoms with E-state index in [1.165, 1.54) is 6.20 Å². The molecule has 4 aromatic rings. The number of rotatable bonds is 4. The quantitative estimate of drug-likeness (QED) is 0.292. The smallest absolute Gasteiger partial charge is 0.336 e. The number of hydrogen-bond donors (Lipinski definition) is 2. The SMILES string of the molecule is Cc1cn2c3c(nc2cc1C(=O)O)[C@@H]1[C@H](C3)N(CC2CC2)[C@]2(Cc3ccc(Cl)cc3NC2=O)[C@H]1c1ccnc(Cl)c1F. The molecular weight excluding hydrogens is 580 g/mol. The Kier molecular flexibility index (Phi) is 5.59. The zero-order valence-corrected chi connectivity index (χ0v) is 24.1. The first kappa shape index (κ1) is 26.1. The second-order valence-corrected chi connectivity index (χ2v) is 12.9. The largest absolute Gasteiger partial charge is 0.478 e. The van der Waals surface area contributed by atoms with E-state index in [9.17, 15) is 14.7 Å². The molecule has 1 spiro atoms. The van der Waals surface area contributed by atoms with E-state index >= 15 is 4.39 Å². The van der Waals surface area contributed by atoms with E-state index in [1.807, 2.05) is 22.7 Å². The van der Waals surface area contributed by atoms with Gasteiger partial charge in [-0.05, 0) is 66.6 Å². The number of halogens is 3. The van der Waals surface area contributed by atoms with Crippen LogP contribution in [0.15, 0.2) is 42.7 Å². The number of carbonyl (C=O) groups excluding carboxylic acids is 1. The number of benzene rings is 1. The highest BCUT2D eigenvalue weighted by Gasteiger charge is 2.67. The van der Waals surface area contributed by atoms with Gasteiger partial charge in [-0.1, -0.05) is 29.3 Å². The van der Waals surface area contributed by atoms with Crippen LogP contribution in [0.2, 0.25) is 10.2 Å². The fraction of sp³-hybridized carbons (Fsp3) is 0.355. The maximum absolute atomic E-state index is 16.0. The molecule has 11 heteroatoms. The van der Waals surface area contributed by atoms with Crippen LogP contribution in [-0.4, -0.2) is 54.4 Å². The lowest BCUT2D eigenvalue weighted by molar-refractivity contribution is -0.129. The summed E-state index contributed by atoms with van der Waals surface area (Å²) in [5, 5.41) is 13.1. The first-order chi connectivity index (χ1) is 20.2. The van der Waals surface area contributed by atoms with E-state index in [2.05, 4.69) is 15.2 Å². The summed E-state index contributed by atoms with van der Waals surface area (Å²) in [4.78, 5) is 37.7. The van der Waals surface area contributed by atoms with Crippen LogP contribution in [0.4, 0.5) is 10.1 Å². The van der Waals surface area contributed by atoms with Gasteiger partial charge in [-0.2, -0.15) is 0 Å². The number of fused-ring (bicyclic) bond motifs is 6. The van der Waals surface area contributed by atoms with E-state index in [0.717, 1.165) is 29.8 Å². The lowest BCUT2D eigenvalue weighted by Crippen LogP contribution is -2.61. The molecule has 8 rings (SSSR count). The van der Waals surface area contributed by atoms with Gasteiger partial charge < -0.3 is 14.8 Å². The minimum absolute atomic E-state index is 0.115. The molecule has 0 unspecified atom stereocenters. The molecule has 2 aliphatic carbocycles. The van der Waals surface area contributed by atoms with Gasteiger partial charge >= 0.3 is 5.97 Å². The second-order valence-electron chi connectivity index (χ2n) is 12.1. The van der Waals surface area contributed by atoms with Crippen LogP contribution in [0.1, 0.15) is 63.1 Å². The van der Waals surface area contributed by atoms with Crippen molar-refractivity contribution in [3.63, 3.8) is 0 Å². The van der Waals surface area contributed by atoms with E-state index in [1.54, 1.807) is 25.1 Å². The standard InChI is InChI=1S/C31H26Cl2FN5O3/c1-14-12-38-22-10-21-24(27(22)37-23(38)9-19(14)29(40)41)25(18-6-7-35-28(33)26(18)34)31(39(21)13-15-2-3-15)11-16-4-5-17(32)8-20(16)36-30(31)42/h4-9,12,15,21,24-25H,2-3,10-11,13H2,1H3,(H,36,42)(H,40,41)/t21-,24+,25-,31+/m0/s1. The van der Waals surface area contributed by atoms with Crippen molar-refractivity contribution in [2.24, 2.45) is 5.92 Å². The van der Waals surface area contributed by atoms with Gasteiger partial charge in [0.25, 0.3) is 0 Å². The van der Waals surface area contributed by atoms with Gasteiger partial charge in [-0.15, -0.1) is 0 Å². The van der Waals surface area contributed by atoms with Crippen molar-refractivity contribution in [2.75, 3.05) is 11.9 Å². The summed E-state index contributed by atoms with van der Waals surface area (Å²) < 4.78 is 18.0. The molecule has 1 amide bonds. The second kappa shape index (κ2) is 8.99. The Labute approximate surface area is 250 Å². The molecule has 3 aromatic heterocycles. The van der Waals surface area contributed by atoms with Gasteiger partial charge in [0.1, 0.15) is 11.2 Å². The number of aryl methyl sites for hydroxylation is 1. The number of carbonyl (C=O) groups is 2. The maximum atomic E-state index is 16.0. The number of hydrogen-bond acceptors (Lipinski definition) is 5. The first-order valence-electron chi connectivity index (χ1n) is 14.1. The first-order valence-corrected chi connectivity index (χ1v) is 14.8. The summed E-state index contributed by atoms with van der Waals surface area (Å²) in [7, 11) is 0. The molecule has 5 heterocycles. The van der Waals surface area contributed by atoms with Crippen molar-refractivity contribution in [2.45, 2.75) is 56.0 Å². The number of amides is 1. The third kappa shape index (κ3) is 3.56. The normalized spacial score (nSPS) is 26.4. The van der Waals surface area contributed by atoms with Gasteiger partial charge in [0.15, 0.2) is 11.0 Å². The number of nitrogens with zero attached hydrogens (tertiary/aromatic N) is 4. The highest BCUT2D eigenvalue weighted by atomic mass is 35.5. The number of aromatic nitrogens is 3. The van der Waals surface area contributed by atoms with Gasteiger partial charge in [-0.25, -0.2) is 19.2 Å². The molecule has 214 valence electrons. The topological polar surface area (TPSA) is 99.8 Å². The monoisotopic (exact) mass is 605 g/mol. The minimum atomic E-state index is -1.11. The number of nitrogens with one attached hydrogen (secondary N) is 1. The number of carboxylic acid groups (broad SMARTS) is 1. The number of aromatic carboxylic acids is 1. The van der Waals surface area contributed by atoms with Crippen LogP contribution in [0.25, 0.3) is 5.65 Å². The summed E-state index contributed by atoms with van der Waals surface area (Å²) in [6.45, 7) is 2.48. The fourth-order valence-electron chi connectivity index (χ4n) is 7.82. The third-order valence-corrected chi connectivity index (χ3v) is 10.3. The maximum Gasteiger partial charge on any atom is 0.336 e.